The summed E-state index contributed by atoms with van der Waals surface area (Å²) in [5.74, 6) is 0.838. The van der Waals surface area contributed by atoms with Gasteiger partial charge in [-0.15, -0.1) is 0 Å². The predicted molar refractivity (Wildman–Crippen MR) is 85.5 cm³/mol. The molecular formula is C16H22N2O2S. The van der Waals surface area contributed by atoms with Gasteiger partial charge in [0.2, 0.25) is 0 Å². The number of benzene rings is 1. The summed E-state index contributed by atoms with van der Waals surface area (Å²) >= 11 is 0. The van der Waals surface area contributed by atoms with E-state index >= 15 is 0 Å². The third kappa shape index (κ3) is 3.94. The van der Waals surface area contributed by atoms with Crippen LogP contribution in [0.25, 0.3) is 0 Å². The van der Waals surface area contributed by atoms with Crippen LogP contribution < -0.4 is 4.83 Å². The van der Waals surface area contributed by atoms with Crippen LogP contribution in [0.4, 0.5) is 0 Å². The lowest BCUT2D eigenvalue weighted by molar-refractivity contribution is 0.578. The second-order valence-corrected chi connectivity index (χ2v) is 7.49. The maximum Gasteiger partial charge on any atom is 0.276 e. The average Bonchev–Trinajstić information content (AvgIpc) is 2.46. The van der Waals surface area contributed by atoms with Crippen LogP contribution in [0.5, 0.6) is 0 Å². The molecule has 0 aliphatic heterocycles. The largest absolute Gasteiger partial charge is 0.276 e. The summed E-state index contributed by atoms with van der Waals surface area (Å²) in [5.41, 5.74) is 1.99. The van der Waals surface area contributed by atoms with E-state index in [9.17, 15) is 8.42 Å². The number of hydrogen-bond donors (Lipinski definition) is 1. The SMILES string of the molecule is CC(C)C1=CC[C@@H](C)C/C1=N\NS(=O)(=O)c1ccccc1. The molecule has 1 aliphatic carbocycles. The van der Waals surface area contributed by atoms with Gasteiger partial charge in [0.15, 0.2) is 0 Å². The van der Waals surface area contributed by atoms with Crippen molar-refractivity contribution in [2.24, 2.45) is 16.9 Å². The Morgan fingerprint density at radius 2 is 1.90 bits per heavy atom. The smallest absolute Gasteiger partial charge is 0.200 e. The molecule has 0 amide bonds. The van der Waals surface area contributed by atoms with E-state index in [2.05, 4.69) is 36.8 Å². The van der Waals surface area contributed by atoms with E-state index in [-0.39, 0.29) is 4.90 Å². The monoisotopic (exact) mass is 306 g/mol. The maximum atomic E-state index is 12.2. The summed E-state index contributed by atoms with van der Waals surface area (Å²) in [5, 5.41) is 4.19. The fraction of sp³-hybridized carbons (Fsp3) is 0.438. The molecular weight excluding hydrogens is 284 g/mol. The summed E-state index contributed by atoms with van der Waals surface area (Å²) in [4.78, 5) is 2.60. The van der Waals surface area contributed by atoms with Crippen LogP contribution in [-0.4, -0.2) is 14.1 Å². The zero-order valence-electron chi connectivity index (χ0n) is 12.7. The molecule has 1 N–H and O–H groups in total. The summed E-state index contributed by atoms with van der Waals surface area (Å²) in [6, 6.07) is 8.30. The van der Waals surface area contributed by atoms with Crippen molar-refractivity contribution in [1.29, 1.82) is 0 Å². The van der Waals surface area contributed by atoms with Crippen LogP contribution in [0.3, 0.4) is 0 Å². The first-order valence-corrected chi connectivity index (χ1v) is 8.72. The van der Waals surface area contributed by atoms with Crippen molar-refractivity contribution < 1.29 is 8.42 Å². The van der Waals surface area contributed by atoms with Gasteiger partial charge in [0, 0.05) is 0 Å². The number of nitrogens with one attached hydrogen (secondary N) is 1. The van der Waals surface area contributed by atoms with E-state index in [0.717, 1.165) is 24.1 Å². The fourth-order valence-corrected chi connectivity index (χ4v) is 3.28. The first kappa shape index (κ1) is 15.8. The molecule has 0 heterocycles. The van der Waals surface area contributed by atoms with Gasteiger partial charge in [-0.25, -0.2) is 0 Å². The zero-order valence-corrected chi connectivity index (χ0v) is 13.5. The van der Waals surface area contributed by atoms with Gasteiger partial charge in [0.25, 0.3) is 10.0 Å². The van der Waals surface area contributed by atoms with Gasteiger partial charge in [-0.2, -0.15) is 18.4 Å². The molecule has 0 fully saturated rings. The zero-order chi connectivity index (χ0) is 15.5. The summed E-state index contributed by atoms with van der Waals surface area (Å²) in [7, 11) is -3.59. The molecule has 0 aromatic heterocycles. The van der Waals surface area contributed by atoms with Crippen molar-refractivity contribution in [3.05, 3.63) is 42.0 Å². The first-order chi connectivity index (χ1) is 9.90. The molecule has 0 spiro atoms. The van der Waals surface area contributed by atoms with Crippen LogP contribution in [-0.2, 0) is 10.0 Å². The Bertz CT molecular complexity index is 646. The molecule has 114 valence electrons. The molecule has 1 atom stereocenters. The Balaban J connectivity index is 2.23. The standard InChI is InChI=1S/C16H22N2O2S/c1-12(2)15-10-9-13(3)11-16(15)17-18-21(19,20)14-7-5-4-6-8-14/h4-8,10,12-13,18H,9,11H2,1-3H3/b17-16+/t13-/m1/s1. The van der Waals surface area contributed by atoms with Crippen molar-refractivity contribution in [2.75, 3.05) is 0 Å². The van der Waals surface area contributed by atoms with Crippen LogP contribution in [0.15, 0.2) is 52.0 Å². The Morgan fingerprint density at radius 1 is 1.24 bits per heavy atom. The summed E-state index contributed by atoms with van der Waals surface area (Å²) < 4.78 is 24.4. The number of rotatable bonds is 4. The normalized spacial score (nSPS) is 21.4. The van der Waals surface area contributed by atoms with Crippen LogP contribution in [0.2, 0.25) is 0 Å². The van der Waals surface area contributed by atoms with Crippen molar-refractivity contribution in [2.45, 2.75) is 38.5 Å². The minimum absolute atomic E-state index is 0.230. The van der Waals surface area contributed by atoms with Crippen molar-refractivity contribution in [1.82, 2.24) is 4.83 Å². The van der Waals surface area contributed by atoms with Crippen molar-refractivity contribution in [3.8, 4) is 0 Å². The Morgan fingerprint density at radius 3 is 2.52 bits per heavy atom. The van der Waals surface area contributed by atoms with Gasteiger partial charge in [-0.3, -0.25) is 0 Å². The van der Waals surface area contributed by atoms with Crippen molar-refractivity contribution >= 4 is 15.7 Å². The van der Waals surface area contributed by atoms with Crippen LogP contribution in [0.1, 0.15) is 33.6 Å². The number of sulfonamides is 1. The minimum Gasteiger partial charge on any atom is -0.200 e. The highest BCUT2D eigenvalue weighted by molar-refractivity contribution is 7.89. The average molecular weight is 306 g/mol. The second-order valence-electron chi connectivity index (χ2n) is 5.83. The molecule has 1 aliphatic rings. The third-order valence-corrected chi connectivity index (χ3v) is 4.82. The van der Waals surface area contributed by atoms with Gasteiger partial charge in [0.05, 0.1) is 10.6 Å². The van der Waals surface area contributed by atoms with E-state index in [1.54, 1.807) is 30.3 Å². The van der Waals surface area contributed by atoms with Gasteiger partial charge in [-0.1, -0.05) is 45.0 Å². The molecule has 2 rings (SSSR count). The predicted octanol–water partition coefficient (Wildman–Crippen LogP) is 3.33. The quantitative estimate of drug-likeness (QED) is 0.867. The van der Waals surface area contributed by atoms with E-state index in [0.29, 0.717) is 11.8 Å². The lowest BCUT2D eigenvalue weighted by atomic mass is 9.84. The summed E-state index contributed by atoms with van der Waals surface area (Å²) in [6.45, 7) is 6.35. The highest BCUT2D eigenvalue weighted by Gasteiger charge is 2.20. The van der Waals surface area contributed by atoms with E-state index in [4.69, 9.17) is 0 Å². The molecule has 1 aromatic carbocycles. The van der Waals surface area contributed by atoms with Crippen LogP contribution in [0, 0.1) is 11.8 Å². The number of hydrazone groups is 1. The third-order valence-electron chi connectivity index (χ3n) is 3.59. The Hall–Kier alpha value is -1.62. The molecule has 21 heavy (non-hydrogen) atoms. The molecule has 0 bridgehead atoms. The fourth-order valence-electron chi connectivity index (χ4n) is 2.42. The van der Waals surface area contributed by atoms with E-state index in [1.807, 2.05) is 0 Å². The first-order valence-electron chi connectivity index (χ1n) is 7.24. The van der Waals surface area contributed by atoms with Crippen molar-refractivity contribution in [3.63, 3.8) is 0 Å². The molecule has 4 nitrogen and oxygen atoms in total. The lowest BCUT2D eigenvalue weighted by Crippen LogP contribution is -2.24. The van der Waals surface area contributed by atoms with Gasteiger partial charge in [-0.05, 0) is 42.4 Å². The molecule has 0 saturated carbocycles. The highest BCUT2D eigenvalue weighted by atomic mass is 32.2. The molecule has 1 aromatic rings. The lowest BCUT2D eigenvalue weighted by Gasteiger charge is -2.23. The molecule has 5 heteroatoms. The minimum atomic E-state index is -3.59. The van der Waals surface area contributed by atoms with E-state index < -0.39 is 10.0 Å². The maximum absolute atomic E-state index is 12.2. The Labute approximate surface area is 127 Å². The Kier molecular flexibility index (Phi) is 4.83. The van der Waals surface area contributed by atoms with Gasteiger partial charge in [0.1, 0.15) is 0 Å². The number of hydrogen-bond acceptors (Lipinski definition) is 3. The molecule has 0 unspecified atom stereocenters. The number of nitrogens with zero attached hydrogens (tertiary/aromatic N) is 1. The van der Waals surface area contributed by atoms with Crippen LogP contribution >= 0.6 is 0 Å². The van der Waals surface area contributed by atoms with E-state index in [1.165, 1.54) is 0 Å². The van der Waals surface area contributed by atoms with Gasteiger partial charge >= 0.3 is 0 Å². The molecule has 0 saturated heterocycles. The molecule has 0 radical (unpaired) electrons. The highest BCUT2D eigenvalue weighted by Crippen LogP contribution is 2.25. The summed E-state index contributed by atoms with van der Waals surface area (Å²) in [6.07, 6.45) is 4.01. The van der Waals surface area contributed by atoms with Gasteiger partial charge < -0.3 is 0 Å². The number of allylic oxidation sites excluding steroid dienone is 2. The second kappa shape index (κ2) is 6.43. The topological polar surface area (TPSA) is 58.5 Å².